The highest BCUT2D eigenvalue weighted by Crippen LogP contribution is 2.27. The first-order chi connectivity index (χ1) is 17.0. The molecule has 1 unspecified atom stereocenters. The number of hydrogen-bond donors (Lipinski definition) is 2. The van der Waals surface area contributed by atoms with E-state index in [-0.39, 0.29) is 10.9 Å². The first-order valence-electron chi connectivity index (χ1n) is 12.4. The Morgan fingerprint density at radius 2 is 1.80 bits per heavy atom. The van der Waals surface area contributed by atoms with Crippen LogP contribution in [-0.4, -0.2) is 66.8 Å². The first kappa shape index (κ1) is 25.3. The van der Waals surface area contributed by atoms with Gasteiger partial charge in [-0.25, -0.2) is 13.2 Å². The number of aromatic nitrogens is 1. The van der Waals surface area contributed by atoms with Crippen LogP contribution in [-0.2, 0) is 16.4 Å². The predicted molar refractivity (Wildman–Crippen MR) is 138 cm³/mol. The van der Waals surface area contributed by atoms with Gasteiger partial charge in [0.1, 0.15) is 5.37 Å². The smallest absolute Gasteiger partial charge is 0.319 e. The molecule has 2 aromatic rings. The molecule has 0 aliphatic carbocycles. The van der Waals surface area contributed by atoms with Crippen molar-refractivity contribution in [3.05, 3.63) is 67.0 Å². The third-order valence-electron chi connectivity index (χ3n) is 6.90. The molecule has 3 heterocycles. The number of rotatable bonds is 8. The summed E-state index contributed by atoms with van der Waals surface area (Å²) in [5.41, 5.74) is 1.41. The summed E-state index contributed by atoms with van der Waals surface area (Å²) >= 11 is 0. The average molecular weight is 498 g/mol. The van der Waals surface area contributed by atoms with Crippen molar-refractivity contribution in [2.75, 3.05) is 31.5 Å². The van der Waals surface area contributed by atoms with Crippen molar-refractivity contribution in [1.82, 2.24) is 20.1 Å². The van der Waals surface area contributed by atoms with E-state index < -0.39 is 15.2 Å². The summed E-state index contributed by atoms with van der Waals surface area (Å²) in [5.74, 6) is 0. The van der Waals surface area contributed by atoms with E-state index in [4.69, 9.17) is 0 Å². The lowest BCUT2D eigenvalue weighted by Crippen LogP contribution is -2.50. The first-order valence-corrected chi connectivity index (χ1v) is 13.9. The van der Waals surface area contributed by atoms with Crippen molar-refractivity contribution in [2.45, 2.75) is 55.0 Å². The second kappa shape index (κ2) is 11.8. The molecule has 2 aliphatic rings. The number of nitrogens with one attached hydrogen (secondary N) is 2. The zero-order chi connectivity index (χ0) is 24.7. The summed E-state index contributed by atoms with van der Waals surface area (Å²) in [6, 6.07) is 10.2. The number of sulfone groups is 1. The van der Waals surface area contributed by atoms with Crippen LogP contribution in [0.4, 0.5) is 10.5 Å². The van der Waals surface area contributed by atoms with Crippen LogP contribution < -0.4 is 10.6 Å². The van der Waals surface area contributed by atoms with Crippen LogP contribution in [0, 0.1) is 0 Å². The van der Waals surface area contributed by atoms with E-state index in [0.29, 0.717) is 18.3 Å². The summed E-state index contributed by atoms with van der Waals surface area (Å²) in [6.07, 6.45) is 10.7. The maximum absolute atomic E-state index is 13.4. The minimum atomic E-state index is -3.63. The van der Waals surface area contributed by atoms with Crippen LogP contribution in [0.5, 0.6) is 0 Å². The van der Waals surface area contributed by atoms with Gasteiger partial charge < -0.3 is 15.5 Å². The Morgan fingerprint density at radius 3 is 2.43 bits per heavy atom. The maximum atomic E-state index is 13.4. The Balaban J connectivity index is 1.33. The molecule has 2 amide bonds. The largest absolute Gasteiger partial charge is 0.334 e. The Labute approximate surface area is 208 Å². The fraction of sp³-hybridized carbons (Fsp3) is 0.462. The lowest BCUT2D eigenvalue weighted by atomic mass is 10.00. The number of hydrogen-bond acceptors (Lipinski definition) is 6. The van der Waals surface area contributed by atoms with Crippen LogP contribution >= 0.6 is 0 Å². The minimum Gasteiger partial charge on any atom is -0.334 e. The molecule has 2 N–H and O–H groups in total. The number of urea groups is 1. The Morgan fingerprint density at radius 1 is 1.09 bits per heavy atom. The number of nitrogens with zero attached hydrogens (tertiary/aromatic N) is 3. The third kappa shape index (κ3) is 6.48. The monoisotopic (exact) mass is 497 g/mol. The van der Waals surface area contributed by atoms with Gasteiger partial charge in [0.2, 0.25) is 0 Å². The molecular formula is C26H35N5O3S. The number of carbonyl (C=O) groups excluding carboxylic acids is 1. The molecule has 0 saturated carbocycles. The molecule has 35 heavy (non-hydrogen) atoms. The molecule has 1 atom stereocenters. The van der Waals surface area contributed by atoms with Crippen molar-refractivity contribution in [3.63, 3.8) is 0 Å². The molecule has 188 valence electrons. The predicted octanol–water partition coefficient (Wildman–Crippen LogP) is 3.64. The van der Waals surface area contributed by atoms with E-state index in [0.717, 1.165) is 44.6 Å². The van der Waals surface area contributed by atoms with Crippen LogP contribution in [0.2, 0.25) is 0 Å². The quantitative estimate of drug-likeness (QED) is 0.541. The second-order valence-corrected chi connectivity index (χ2v) is 11.3. The number of carbonyl (C=O) groups is 1. The van der Waals surface area contributed by atoms with E-state index in [9.17, 15) is 13.2 Å². The number of pyridine rings is 1. The highest BCUT2D eigenvalue weighted by Gasteiger charge is 2.34. The van der Waals surface area contributed by atoms with Gasteiger partial charge in [0.05, 0.1) is 4.90 Å². The number of likely N-dealkylation sites (tertiary alicyclic amines) is 2. The van der Waals surface area contributed by atoms with Gasteiger partial charge in [0.25, 0.3) is 0 Å². The zero-order valence-electron chi connectivity index (χ0n) is 20.1. The summed E-state index contributed by atoms with van der Waals surface area (Å²) in [7, 11) is -3.63. The molecule has 9 heteroatoms. The van der Waals surface area contributed by atoms with E-state index in [1.807, 2.05) is 17.0 Å². The lowest BCUT2D eigenvalue weighted by molar-refractivity contribution is 0.0923. The minimum absolute atomic E-state index is 0.224. The standard InChI is InChI=1S/C26H35N5O3S/c1-2-25(31-17-12-23(13-18-31)30-15-4-3-5-16-30)35(33,34)24-10-8-22(9-11-24)29-26(32)28-20-21-7-6-14-27-19-21/h2,6-11,14,19,23,25H,1,3-5,12-13,15-18,20H2,(H2,28,29,32). The van der Waals surface area contributed by atoms with E-state index in [1.165, 1.54) is 25.3 Å². The van der Waals surface area contributed by atoms with Crippen LogP contribution in [0.1, 0.15) is 37.7 Å². The van der Waals surface area contributed by atoms with Gasteiger partial charge in [-0.2, -0.15) is 0 Å². The maximum Gasteiger partial charge on any atom is 0.319 e. The van der Waals surface area contributed by atoms with Gasteiger partial charge in [-0.05, 0) is 74.7 Å². The number of piperidine rings is 2. The summed E-state index contributed by atoms with van der Waals surface area (Å²) in [5, 5.41) is 4.73. The normalized spacial score (nSPS) is 19.1. The molecule has 0 bridgehead atoms. The fourth-order valence-corrected chi connectivity index (χ4v) is 6.64. The van der Waals surface area contributed by atoms with E-state index in [1.54, 1.807) is 36.7 Å². The van der Waals surface area contributed by atoms with Crippen LogP contribution in [0.25, 0.3) is 0 Å². The Hall–Kier alpha value is -2.75. The molecular weight excluding hydrogens is 462 g/mol. The second-order valence-electron chi connectivity index (χ2n) is 9.23. The van der Waals surface area contributed by atoms with E-state index in [2.05, 4.69) is 27.1 Å². The van der Waals surface area contributed by atoms with Gasteiger partial charge in [0, 0.05) is 43.8 Å². The Bertz CT molecular complexity index is 1080. The van der Waals surface area contributed by atoms with Crippen molar-refractivity contribution in [2.24, 2.45) is 0 Å². The van der Waals surface area contributed by atoms with Crippen molar-refractivity contribution in [1.29, 1.82) is 0 Å². The van der Waals surface area contributed by atoms with Gasteiger partial charge in [-0.15, -0.1) is 6.58 Å². The van der Waals surface area contributed by atoms with Gasteiger partial charge in [-0.1, -0.05) is 18.6 Å². The molecule has 0 radical (unpaired) electrons. The highest BCUT2D eigenvalue weighted by atomic mass is 32.2. The highest BCUT2D eigenvalue weighted by molar-refractivity contribution is 7.92. The number of amides is 2. The van der Waals surface area contributed by atoms with Crippen molar-refractivity contribution < 1.29 is 13.2 Å². The number of benzene rings is 1. The number of anilines is 1. The van der Waals surface area contributed by atoms with E-state index >= 15 is 0 Å². The van der Waals surface area contributed by atoms with Crippen LogP contribution in [0.15, 0.2) is 66.3 Å². The fourth-order valence-electron chi connectivity index (χ4n) is 4.99. The van der Waals surface area contributed by atoms with Crippen molar-refractivity contribution >= 4 is 21.6 Å². The molecule has 2 saturated heterocycles. The summed E-state index contributed by atoms with van der Waals surface area (Å²) in [4.78, 5) is 21.0. The van der Waals surface area contributed by atoms with Gasteiger partial charge in [0.15, 0.2) is 9.84 Å². The van der Waals surface area contributed by atoms with Gasteiger partial charge >= 0.3 is 6.03 Å². The third-order valence-corrected chi connectivity index (χ3v) is 8.96. The lowest BCUT2D eigenvalue weighted by Gasteiger charge is -2.41. The molecule has 0 spiro atoms. The molecule has 2 aliphatic heterocycles. The molecule has 4 rings (SSSR count). The zero-order valence-corrected chi connectivity index (χ0v) is 20.9. The summed E-state index contributed by atoms with van der Waals surface area (Å²) in [6.45, 7) is 8.00. The van der Waals surface area contributed by atoms with Crippen LogP contribution in [0.3, 0.4) is 0 Å². The molecule has 2 fully saturated rings. The molecule has 1 aromatic carbocycles. The summed E-state index contributed by atoms with van der Waals surface area (Å²) < 4.78 is 26.8. The molecule has 8 nitrogen and oxygen atoms in total. The Kier molecular flexibility index (Phi) is 8.54. The average Bonchev–Trinajstić information content (AvgIpc) is 2.90. The molecule has 1 aromatic heterocycles. The topological polar surface area (TPSA) is 94.6 Å². The van der Waals surface area contributed by atoms with Gasteiger partial charge in [-0.3, -0.25) is 9.88 Å². The van der Waals surface area contributed by atoms with Crippen molar-refractivity contribution in [3.8, 4) is 0 Å². The SMILES string of the molecule is C=CC(N1CCC(N2CCCCC2)CC1)S(=O)(=O)c1ccc(NC(=O)NCc2cccnc2)cc1.